The molecule has 3 rings (SSSR count). The lowest BCUT2D eigenvalue weighted by Crippen LogP contribution is -2.13. The van der Waals surface area contributed by atoms with Crippen molar-refractivity contribution in [1.82, 2.24) is 0 Å². The van der Waals surface area contributed by atoms with E-state index in [1.54, 1.807) is 36.4 Å². The molecule has 0 aliphatic heterocycles. The van der Waals surface area contributed by atoms with Crippen LogP contribution in [0, 0.1) is 6.92 Å². The quantitative estimate of drug-likeness (QED) is 0.561. The average molecular weight is 391 g/mol. The summed E-state index contributed by atoms with van der Waals surface area (Å²) in [7, 11) is 0. The van der Waals surface area contributed by atoms with Crippen molar-refractivity contribution in [2.24, 2.45) is 0 Å². The summed E-state index contributed by atoms with van der Waals surface area (Å²) >= 11 is 6.07. The molecule has 0 spiro atoms. The van der Waals surface area contributed by atoms with Gasteiger partial charge in [-0.05, 0) is 60.5 Å². The van der Waals surface area contributed by atoms with Crippen LogP contribution < -0.4 is 10.6 Å². The highest BCUT2D eigenvalue weighted by Crippen LogP contribution is 2.17. The first-order chi connectivity index (χ1) is 13.5. The summed E-state index contributed by atoms with van der Waals surface area (Å²) < 4.78 is 0. The smallest absolute Gasteiger partial charge is 0.255 e. The second-order valence-electron chi connectivity index (χ2n) is 6.25. The van der Waals surface area contributed by atoms with Crippen molar-refractivity contribution < 1.29 is 9.59 Å². The van der Waals surface area contributed by atoms with Gasteiger partial charge in [-0.25, -0.2) is 0 Å². The molecule has 0 unspecified atom stereocenters. The van der Waals surface area contributed by atoms with Crippen LogP contribution in [0.25, 0.3) is 6.08 Å². The van der Waals surface area contributed by atoms with E-state index < -0.39 is 0 Å². The van der Waals surface area contributed by atoms with Crippen LogP contribution in [0.3, 0.4) is 0 Å². The lowest BCUT2D eigenvalue weighted by molar-refractivity contribution is -0.111. The third-order valence-corrected chi connectivity index (χ3v) is 4.33. The molecule has 0 aromatic heterocycles. The van der Waals surface area contributed by atoms with Crippen LogP contribution in [0.15, 0.2) is 78.9 Å². The van der Waals surface area contributed by atoms with E-state index in [9.17, 15) is 9.59 Å². The monoisotopic (exact) mass is 390 g/mol. The lowest BCUT2D eigenvalue weighted by atomic mass is 10.1. The van der Waals surface area contributed by atoms with Gasteiger partial charge in [0.1, 0.15) is 0 Å². The molecule has 0 atom stereocenters. The molecule has 3 aromatic carbocycles. The summed E-state index contributed by atoms with van der Waals surface area (Å²) in [5.74, 6) is -0.551. The second-order valence-corrected chi connectivity index (χ2v) is 6.66. The number of benzene rings is 3. The fraction of sp³-hybridized carbons (Fsp3) is 0.0435. The molecule has 3 aromatic rings. The molecule has 4 nitrogen and oxygen atoms in total. The van der Waals surface area contributed by atoms with Crippen molar-refractivity contribution in [3.63, 3.8) is 0 Å². The predicted octanol–water partition coefficient (Wildman–Crippen LogP) is 5.55. The topological polar surface area (TPSA) is 58.2 Å². The number of carbonyl (C=O) groups excluding carboxylic acids is 2. The van der Waals surface area contributed by atoms with E-state index in [0.717, 1.165) is 16.8 Å². The molecular formula is C23H19ClN2O2. The molecule has 5 heteroatoms. The first kappa shape index (κ1) is 19.4. The molecular weight excluding hydrogens is 372 g/mol. The van der Waals surface area contributed by atoms with Crippen molar-refractivity contribution in [2.75, 3.05) is 10.6 Å². The summed E-state index contributed by atoms with van der Waals surface area (Å²) in [5.41, 5.74) is 3.52. The minimum absolute atomic E-state index is 0.242. The maximum atomic E-state index is 12.5. The van der Waals surface area contributed by atoms with Gasteiger partial charge < -0.3 is 10.6 Å². The minimum atomic E-state index is -0.309. The summed E-state index contributed by atoms with van der Waals surface area (Å²) in [6.07, 6.45) is 3.05. The van der Waals surface area contributed by atoms with E-state index in [2.05, 4.69) is 10.6 Å². The Kier molecular flexibility index (Phi) is 6.25. The van der Waals surface area contributed by atoms with Gasteiger partial charge in [-0.1, -0.05) is 48.0 Å². The molecule has 2 amide bonds. The lowest BCUT2D eigenvalue weighted by Gasteiger charge is -2.08. The highest BCUT2D eigenvalue weighted by molar-refractivity contribution is 6.32. The Morgan fingerprint density at radius 1 is 0.857 bits per heavy atom. The van der Waals surface area contributed by atoms with Crippen molar-refractivity contribution in [1.29, 1.82) is 0 Å². The predicted molar refractivity (Wildman–Crippen MR) is 115 cm³/mol. The molecule has 0 bridgehead atoms. The Bertz CT molecular complexity index is 1040. The molecule has 0 fully saturated rings. The Hall–Kier alpha value is -3.37. The molecule has 140 valence electrons. The van der Waals surface area contributed by atoms with Crippen LogP contribution in [0.5, 0.6) is 0 Å². The minimum Gasteiger partial charge on any atom is -0.322 e. The van der Waals surface area contributed by atoms with Gasteiger partial charge in [0, 0.05) is 28.0 Å². The Morgan fingerprint density at radius 3 is 2.32 bits per heavy atom. The van der Waals surface area contributed by atoms with E-state index >= 15 is 0 Å². The van der Waals surface area contributed by atoms with E-state index in [1.807, 2.05) is 49.4 Å². The zero-order valence-corrected chi connectivity index (χ0v) is 16.0. The van der Waals surface area contributed by atoms with E-state index in [4.69, 9.17) is 11.6 Å². The van der Waals surface area contributed by atoms with E-state index in [-0.39, 0.29) is 11.8 Å². The van der Waals surface area contributed by atoms with Crippen molar-refractivity contribution in [3.8, 4) is 0 Å². The largest absolute Gasteiger partial charge is 0.322 e. The van der Waals surface area contributed by atoms with Crippen LogP contribution >= 0.6 is 11.6 Å². The zero-order valence-electron chi connectivity index (χ0n) is 15.3. The Morgan fingerprint density at radius 2 is 1.57 bits per heavy atom. The number of halogens is 1. The molecule has 2 N–H and O–H groups in total. The number of aryl methyl sites for hydroxylation is 1. The van der Waals surface area contributed by atoms with Gasteiger partial charge in [0.15, 0.2) is 0 Å². The second kappa shape index (κ2) is 9.02. The standard InChI is InChI=1S/C23H19ClN2O2/c1-16-6-4-9-19(14-16)26-23(28)18-8-5-10-20(15-18)25-22(27)13-12-17-7-2-3-11-21(17)24/h2-15H,1H3,(H,25,27)(H,26,28)/b13-12+. The van der Waals surface area contributed by atoms with Crippen LogP contribution in [0.1, 0.15) is 21.5 Å². The van der Waals surface area contributed by atoms with Gasteiger partial charge in [0.05, 0.1) is 0 Å². The van der Waals surface area contributed by atoms with Gasteiger partial charge in [0.2, 0.25) is 5.91 Å². The molecule has 0 heterocycles. The molecule has 28 heavy (non-hydrogen) atoms. The van der Waals surface area contributed by atoms with Gasteiger partial charge >= 0.3 is 0 Å². The maximum Gasteiger partial charge on any atom is 0.255 e. The maximum absolute atomic E-state index is 12.5. The van der Waals surface area contributed by atoms with Crippen molar-refractivity contribution in [3.05, 3.63) is 101 Å². The fourth-order valence-electron chi connectivity index (χ4n) is 2.62. The summed E-state index contributed by atoms with van der Waals surface area (Å²) in [4.78, 5) is 24.6. The molecule has 0 saturated carbocycles. The normalized spacial score (nSPS) is 10.6. The van der Waals surface area contributed by atoms with Gasteiger partial charge in [0.25, 0.3) is 5.91 Å². The number of carbonyl (C=O) groups is 2. The summed E-state index contributed by atoms with van der Waals surface area (Å²) in [6.45, 7) is 1.96. The van der Waals surface area contributed by atoms with Gasteiger partial charge in [-0.2, -0.15) is 0 Å². The highest BCUT2D eigenvalue weighted by Gasteiger charge is 2.08. The van der Waals surface area contributed by atoms with E-state index in [0.29, 0.717) is 16.3 Å². The van der Waals surface area contributed by atoms with E-state index in [1.165, 1.54) is 6.08 Å². The number of rotatable bonds is 5. The van der Waals surface area contributed by atoms with Crippen LogP contribution in [-0.4, -0.2) is 11.8 Å². The molecule has 0 radical (unpaired) electrons. The Balaban J connectivity index is 1.66. The fourth-order valence-corrected chi connectivity index (χ4v) is 2.82. The molecule has 0 aliphatic rings. The highest BCUT2D eigenvalue weighted by atomic mass is 35.5. The van der Waals surface area contributed by atoms with Crippen LogP contribution in [-0.2, 0) is 4.79 Å². The number of hydrogen-bond acceptors (Lipinski definition) is 2. The number of hydrogen-bond donors (Lipinski definition) is 2. The van der Waals surface area contributed by atoms with Crippen LogP contribution in [0.2, 0.25) is 5.02 Å². The van der Waals surface area contributed by atoms with Gasteiger partial charge in [-0.15, -0.1) is 0 Å². The first-order valence-corrected chi connectivity index (χ1v) is 9.11. The SMILES string of the molecule is Cc1cccc(NC(=O)c2cccc(NC(=O)/C=C/c3ccccc3Cl)c2)c1. The first-order valence-electron chi connectivity index (χ1n) is 8.73. The Labute approximate surface area is 168 Å². The van der Waals surface area contributed by atoms with Gasteiger partial charge in [-0.3, -0.25) is 9.59 Å². The van der Waals surface area contributed by atoms with Crippen LogP contribution in [0.4, 0.5) is 11.4 Å². The third-order valence-electron chi connectivity index (χ3n) is 3.99. The molecule has 0 saturated heterocycles. The number of anilines is 2. The average Bonchev–Trinajstić information content (AvgIpc) is 2.67. The summed E-state index contributed by atoms with van der Waals surface area (Å²) in [6, 6.07) is 21.6. The summed E-state index contributed by atoms with van der Waals surface area (Å²) in [5, 5.41) is 6.17. The molecule has 0 aliphatic carbocycles. The third kappa shape index (κ3) is 5.32. The number of nitrogens with one attached hydrogen (secondary N) is 2. The van der Waals surface area contributed by atoms with Crippen molar-refractivity contribution >= 4 is 40.9 Å². The zero-order chi connectivity index (χ0) is 19.9. The van der Waals surface area contributed by atoms with Crippen molar-refractivity contribution in [2.45, 2.75) is 6.92 Å². The number of amides is 2.